The van der Waals surface area contributed by atoms with Gasteiger partial charge in [-0.15, -0.1) is 11.8 Å². The normalized spacial score (nSPS) is 19.3. The lowest BCUT2D eigenvalue weighted by Crippen LogP contribution is -2.50. The first-order valence-corrected chi connectivity index (χ1v) is 11.8. The summed E-state index contributed by atoms with van der Waals surface area (Å²) < 4.78 is 19.9. The first-order valence-electron chi connectivity index (χ1n) is 10.4. The van der Waals surface area contributed by atoms with E-state index in [-0.39, 0.29) is 18.0 Å². The Labute approximate surface area is 200 Å². The molecule has 1 spiro atoms. The van der Waals surface area contributed by atoms with Crippen molar-refractivity contribution in [2.24, 2.45) is 0 Å². The van der Waals surface area contributed by atoms with Gasteiger partial charge >= 0.3 is 0 Å². The highest BCUT2D eigenvalue weighted by atomic mass is 35.5. The number of carbonyl (C=O) groups is 2. The fraction of sp³-hybridized carbons (Fsp3) is 0.200. The van der Waals surface area contributed by atoms with Crippen LogP contribution in [0.15, 0.2) is 66.7 Å². The number of methoxy groups -OCH3 is 1. The van der Waals surface area contributed by atoms with Crippen molar-refractivity contribution >= 4 is 40.9 Å². The zero-order chi connectivity index (χ0) is 23.2. The third kappa shape index (κ3) is 3.38. The maximum atomic E-state index is 14.5. The molecule has 3 aromatic rings. The van der Waals surface area contributed by atoms with Crippen molar-refractivity contribution < 1.29 is 18.7 Å². The number of hydrogen-bond donors (Lipinski definition) is 0. The molecule has 0 bridgehead atoms. The Kier molecular flexibility index (Phi) is 5.54. The average molecular weight is 483 g/mol. The lowest BCUT2D eigenvalue weighted by Gasteiger charge is -2.33. The van der Waals surface area contributed by atoms with Crippen LogP contribution in [0.4, 0.5) is 10.1 Å². The second-order valence-corrected chi connectivity index (χ2v) is 9.49. The Morgan fingerprint density at radius 1 is 1.15 bits per heavy atom. The molecule has 1 saturated heterocycles. The highest BCUT2D eigenvalue weighted by Gasteiger charge is 2.59. The lowest BCUT2D eigenvalue weighted by molar-refractivity contribution is -0.123. The summed E-state index contributed by atoms with van der Waals surface area (Å²) in [6.45, 7) is 0.571. The van der Waals surface area contributed by atoms with Gasteiger partial charge in [0.15, 0.2) is 4.87 Å². The Bertz CT molecular complexity index is 1270. The smallest absolute Gasteiger partial charge is 0.268 e. The molecule has 0 aliphatic carbocycles. The Morgan fingerprint density at radius 3 is 2.67 bits per heavy atom. The molecule has 0 aromatic heterocycles. The van der Waals surface area contributed by atoms with Gasteiger partial charge in [0.1, 0.15) is 11.6 Å². The van der Waals surface area contributed by atoms with Gasteiger partial charge in [0, 0.05) is 22.9 Å². The summed E-state index contributed by atoms with van der Waals surface area (Å²) in [6.07, 6.45) is 0. The van der Waals surface area contributed by atoms with Crippen molar-refractivity contribution in [1.29, 1.82) is 0 Å². The van der Waals surface area contributed by atoms with Gasteiger partial charge in [0.25, 0.3) is 11.8 Å². The molecule has 0 unspecified atom stereocenters. The third-order valence-electron chi connectivity index (χ3n) is 6.04. The van der Waals surface area contributed by atoms with Crippen molar-refractivity contribution in [2.45, 2.75) is 11.4 Å². The standard InChI is InChI=1S/C25H20ClFN2O3S/c1-32-17-10-11-22-19(14-17)25(24(31)28(22)15-16-6-2-4-8-20(16)26)29(12-13-33-25)23(30)18-7-3-5-9-21(18)27/h2-11,14H,12-13,15H2,1H3/t25-/m0/s1. The molecule has 1 atom stereocenters. The van der Waals surface area contributed by atoms with E-state index in [2.05, 4.69) is 0 Å². The first kappa shape index (κ1) is 21.8. The molecule has 8 heteroatoms. The van der Waals surface area contributed by atoms with Crippen molar-refractivity contribution in [1.82, 2.24) is 4.90 Å². The quantitative estimate of drug-likeness (QED) is 0.520. The molecular weight excluding hydrogens is 463 g/mol. The van der Waals surface area contributed by atoms with E-state index in [0.29, 0.717) is 34.3 Å². The summed E-state index contributed by atoms with van der Waals surface area (Å²) in [4.78, 5) is 29.4. The van der Waals surface area contributed by atoms with Gasteiger partial charge in [0.05, 0.1) is 24.9 Å². The number of hydrogen-bond acceptors (Lipinski definition) is 4. The van der Waals surface area contributed by atoms with Gasteiger partial charge in [-0.1, -0.05) is 41.9 Å². The predicted molar refractivity (Wildman–Crippen MR) is 127 cm³/mol. The van der Waals surface area contributed by atoms with Gasteiger partial charge in [-0.25, -0.2) is 4.39 Å². The van der Waals surface area contributed by atoms with Crippen LogP contribution in [-0.2, 0) is 16.2 Å². The van der Waals surface area contributed by atoms with Crippen molar-refractivity contribution in [3.05, 3.63) is 94.3 Å². The number of rotatable bonds is 4. The third-order valence-corrected chi connectivity index (χ3v) is 7.82. The molecule has 168 valence electrons. The van der Waals surface area contributed by atoms with Crippen LogP contribution in [0.5, 0.6) is 5.75 Å². The van der Waals surface area contributed by atoms with Crippen molar-refractivity contribution in [3.8, 4) is 5.75 Å². The summed E-state index contributed by atoms with van der Waals surface area (Å²) in [5, 5.41) is 0.555. The molecule has 2 aliphatic heterocycles. The molecule has 33 heavy (non-hydrogen) atoms. The SMILES string of the molecule is COc1ccc2c(c1)[C@]1(SCCN1C(=O)c1ccccc1F)C(=O)N2Cc1ccccc1Cl. The summed E-state index contributed by atoms with van der Waals surface area (Å²) >= 11 is 7.76. The summed E-state index contributed by atoms with van der Waals surface area (Å²) in [5.41, 5.74) is 2.08. The molecule has 2 heterocycles. The van der Waals surface area contributed by atoms with Crippen molar-refractivity contribution in [2.75, 3.05) is 24.3 Å². The Hall–Kier alpha value is -3.03. The zero-order valence-corrected chi connectivity index (χ0v) is 19.3. The maximum Gasteiger partial charge on any atom is 0.268 e. The Balaban J connectivity index is 1.64. The fourth-order valence-corrected chi connectivity index (χ4v) is 6.10. The molecular formula is C25H20ClFN2O3S. The molecule has 2 aliphatic rings. The van der Waals surface area contributed by atoms with Crippen LogP contribution < -0.4 is 9.64 Å². The minimum atomic E-state index is -1.30. The van der Waals surface area contributed by atoms with Crippen LogP contribution >= 0.6 is 23.4 Å². The largest absolute Gasteiger partial charge is 0.497 e. The molecule has 5 nitrogen and oxygen atoms in total. The molecule has 2 amide bonds. The number of carbonyl (C=O) groups excluding carboxylic acids is 2. The summed E-state index contributed by atoms with van der Waals surface area (Å²) in [6, 6.07) is 18.6. The van der Waals surface area contributed by atoms with Crippen LogP contribution in [0.1, 0.15) is 21.5 Å². The van der Waals surface area contributed by atoms with E-state index < -0.39 is 16.6 Å². The number of nitrogens with zero attached hydrogens (tertiary/aromatic N) is 2. The van der Waals surface area contributed by atoms with E-state index in [1.807, 2.05) is 24.3 Å². The maximum absolute atomic E-state index is 14.5. The van der Waals surface area contributed by atoms with Gasteiger partial charge < -0.3 is 14.5 Å². The van der Waals surface area contributed by atoms with Gasteiger partial charge in [-0.3, -0.25) is 9.59 Å². The van der Waals surface area contributed by atoms with Crippen LogP contribution in [0, 0.1) is 5.82 Å². The summed E-state index contributed by atoms with van der Waals surface area (Å²) in [5.74, 6) is -0.259. The molecule has 0 saturated carbocycles. The second-order valence-electron chi connectivity index (χ2n) is 7.79. The minimum Gasteiger partial charge on any atom is -0.497 e. The molecule has 0 radical (unpaired) electrons. The van der Waals surface area contributed by atoms with Gasteiger partial charge in [-0.2, -0.15) is 0 Å². The molecule has 3 aromatic carbocycles. The summed E-state index contributed by atoms with van der Waals surface area (Å²) in [7, 11) is 1.55. The van der Waals surface area contributed by atoms with E-state index in [0.717, 1.165) is 5.56 Å². The highest BCUT2D eigenvalue weighted by molar-refractivity contribution is 8.01. The number of amides is 2. The lowest BCUT2D eigenvalue weighted by atomic mass is 10.0. The number of fused-ring (bicyclic) bond motifs is 2. The number of anilines is 1. The Morgan fingerprint density at radius 2 is 1.91 bits per heavy atom. The predicted octanol–water partition coefficient (Wildman–Crippen LogP) is 5.08. The van der Waals surface area contributed by atoms with E-state index in [1.54, 1.807) is 36.3 Å². The van der Waals surface area contributed by atoms with Crippen LogP contribution in [0.3, 0.4) is 0 Å². The topological polar surface area (TPSA) is 49.9 Å². The number of benzene rings is 3. The second kappa shape index (κ2) is 8.39. The number of halogens is 2. The average Bonchev–Trinajstić information content (AvgIpc) is 3.37. The van der Waals surface area contributed by atoms with E-state index in [9.17, 15) is 14.0 Å². The van der Waals surface area contributed by atoms with Gasteiger partial charge in [0.2, 0.25) is 0 Å². The van der Waals surface area contributed by atoms with E-state index in [4.69, 9.17) is 16.3 Å². The van der Waals surface area contributed by atoms with Gasteiger partial charge in [-0.05, 0) is 42.0 Å². The monoisotopic (exact) mass is 482 g/mol. The van der Waals surface area contributed by atoms with Crippen molar-refractivity contribution in [3.63, 3.8) is 0 Å². The minimum absolute atomic E-state index is 0.0545. The molecule has 5 rings (SSSR count). The fourth-order valence-electron chi connectivity index (χ4n) is 4.46. The first-order chi connectivity index (χ1) is 16.0. The number of thioether (sulfide) groups is 1. The number of ether oxygens (including phenoxy) is 1. The van der Waals surface area contributed by atoms with E-state index in [1.165, 1.54) is 34.9 Å². The van der Waals surface area contributed by atoms with Crippen LogP contribution in [0.25, 0.3) is 0 Å². The van der Waals surface area contributed by atoms with Crippen LogP contribution in [0.2, 0.25) is 5.02 Å². The molecule has 1 fully saturated rings. The van der Waals surface area contributed by atoms with E-state index >= 15 is 0 Å². The molecule has 0 N–H and O–H groups in total. The highest BCUT2D eigenvalue weighted by Crippen LogP contribution is 2.55. The zero-order valence-electron chi connectivity index (χ0n) is 17.8. The van der Waals surface area contributed by atoms with Crippen LogP contribution in [-0.4, -0.2) is 36.1 Å².